The van der Waals surface area contributed by atoms with Crippen LogP contribution in [0.1, 0.15) is 0 Å². The summed E-state index contributed by atoms with van der Waals surface area (Å²) in [5, 5.41) is 3.98. The summed E-state index contributed by atoms with van der Waals surface area (Å²) in [5.74, 6) is 0. The van der Waals surface area contributed by atoms with Gasteiger partial charge in [-0.2, -0.15) is 0 Å². The quantitative estimate of drug-likeness (QED) is 0.408. The van der Waals surface area contributed by atoms with Crippen molar-refractivity contribution in [3.63, 3.8) is 0 Å². The summed E-state index contributed by atoms with van der Waals surface area (Å²) in [4.78, 5) is 22.2. The highest BCUT2D eigenvalue weighted by Gasteiger charge is 2.06. The van der Waals surface area contributed by atoms with Crippen LogP contribution in [0.5, 0.6) is 0 Å². The molecule has 5 heteroatoms. The second-order valence-corrected chi connectivity index (χ2v) is 5.16. The average molecular weight is 283 g/mol. The van der Waals surface area contributed by atoms with Crippen molar-refractivity contribution in [3.8, 4) is 0 Å². The first-order chi connectivity index (χ1) is 10.9. The van der Waals surface area contributed by atoms with Gasteiger partial charge in [0.15, 0.2) is 22.6 Å². The number of pyridine rings is 5. The SMILES string of the molecule is c1cnc2nc3nc4nc5ncccc5cc4cc3cc2c1. The van der Waals surface area contributed by atoms with Gasteiger partial charge in [-0.25, -0.2) is 24.9 Å². The smallest absolute Gasteiger partial charge is 0.164 e. The van der Waals surface area contributed by atoms with Crippen molar-refractivity contribution in [2.75, 3.05) is 0 Å². The van der Waals surface area contributed by atoms with Gasteiger partial charge in [0, 0.05) is 33.9 Å². The topological polar surface area (TPSA) is 64.5 Å². The second kappa shape index (κ2) is 4.14. The Kier molecular flexibility index (Phi) is 2.16. The van der Waals surface area contributed by atoms with Crippen LogP contribution in [-0.4, -0.2) is 24.9 Å². The van der Waals surface area contributed by atoms with E-state index in [2.05, 4.69) is 43.1 Å². The summed E-state index contributed by atoms with van der Waals surface area (Å²) in [6.07, 6.45) is 3.47. The molecule has 0 aliphatic rings. The maximum atomic E-state index is 4.58. The summed E-state index contributed by atoms with van der Waals surface area (Å²) in [6.45, 7) is 0. The molecule has 0 spiro atoms. The van der Waals surface area contributed by atoms with Crippen LogP contribution < -0.4 is 0 Å². The molecule has 0 atom stereocenters. The molecular weight excluding hydrogens is 274 g/mol. The van der Waals surface area contributed by atoms with Crippen LogP contribution in [-0.2, 0) is 0 Å². The van der Waals surface area contributed by atoms with Gasteiger partial charge in [0.1, 0.15) is 0 Å². The number of nitrogens with zero attached hydrogens (tertiary/aromatic N) is 5. The molecule has 5 rings (SSSR count). The first-order valence-corrected chi connectivity index (χ1v) is 6.95. The van der Waals surface area contributed by atoms with E-state index in [9.17, 15) is 0 Å². The van der Waals surface area contributed by atoms with Gasteiger partial charge in [-0.3, -0.25) is 0 Å². The Morgan fingerprint density at radius 3 is 1.50 bits per heavy atom. The molecule has 0 aromatic carbocycles. The summed E-state index contributed by atoms with van der Waals surface area (Å²) < 4.78 is 0. The molecule has 5 nitrogen and oxygen atoms in total. The van der Waals surface area contributed by atoms with Crippen LogP contribution in [0.3, 0.4) is 0 Å². The Bertz CT molecular complexity index is 999. The molecule has 0 fully saturated rings. The zero-order chi connectivity index (χ0) is 14.5. The van der Waals surface area contributed by atoms with Gasteiger partial charge < -0.3 is 0 Å². The minimum Gasteiger partial charge on any atom is -0.237 e. The molecule has 0 N–H and O–H groups in total. The zero-order valence-corrected chi connectivity index (χ0v) is 11.4. The van der Waals surface area contributed by atoms with E-state index in [1.165, 1.54) is 0 Å². The highest BCUT2D eigenvalue weighted by molar-refractivity contribution is 5.98. The molecule has 5 aromatic heterocycles. The third kappa shape index (κ3) is 1.62. The molecule has 0 unspecified atom stereocenters. The van der Waals surface area contributed by atoms with Crippen molar-refractivity contribution in [1.82, 2.24) is 24.9 Å². The van der Waals surface area contributed by atoms with E-state index in [0.29, 0.717) is 22.6 Å². The second-order valence-electron chi connectivity index (χ2n) is 5.16. The third-order valence-corrected chi connectivity index (χ3v) is 3.72. The molecular formula is C17H9N5. The number of fused-ring (bicyclic) bond motifs is 4. The summed E-state index contributed by atoms with van der Waals surface area (Å²) in [6, 6.07) is 14.0. The fourth-order valence-electron chi connectivity index (χ4n) is 2.68. The first-order valence-electron chi connectivity index (χ1n) is 6.95. The maximum absolute atomic E-state index is 4.58. The highest BCUT2D eigenvalue weighted by atomic mass is 15.0. The molecule has 5 heterocycles. The van der Waals surface area contributed by atoms with Crippen LogP contribution in [0.15, 0.2) is 54.9 Å². The molecule has 5 aromatic rings. The van der Waals surface area contributed by atoms with Crippen LogP contribution in [0.25, 0.3) is 44.1 Å². The Labute approximate surface area is 124 Å². The van der Waals surface area contributed by atoms with Crippen molar-refractivity contribution in [1.29, 1.82) is 0 Å². The van der Waals surface area contributed by atoms with Crippen LogP contribution in [0.2, 0.25) is 0 Å². The van der Waals surface area contributed by atoms with E-state index in [4.69, 9.17) is 0 Å². The van der Waals surface area contributed by atoms with Crippen LogP contribution in [0, 0.1) is 0 Å². The molecule has 0 saturated heterocycles. The fraction of sp³-hybridized carbons (Fsp3) is 0. The monoisotopic (exact) mass is 283 g/mol. The predicted molar refractivity (Wildman–Crippen MR) is 85.4 cm³/mol. The van der Waals surface area contributed by atoms with Gasteiger partial charge in [0.25, 0.3) is 0 Å². The van der Waals surface area contributed by atoms with E-state index in [1.54, 1.807) is 12.4 Å². The molecule has 0 aliphatic carbocycles. The predicted octanol–water partition coefficient (Wildman–Crippen LogP) is 3.27. The standard InChI is InChI=1S/C17H9N5/c1-3-10-7-12-9-13-8-11-4-2-6-19-15(11)21-17(13)22-16(12)20-14(10)18-5-1/h1-9H. The number of hydrogen-bond acceptors (Lipinski definition) is 5. The lowest BCUT2D eigenvalue weighted by Crippen LogP contribution is -1.92. The zero-order valence-electron chi connectivity index (χ0n) is 11.4. The fourth-order valence-corrected chi connectivity index (χ4v) is 2.68. The Morgan fingerprint density at radius 2 is 0.955 bits per heavy atom. The van der Waals surface area contributed by atoms with Gasteiger partial charge in [-0.05, 0) is 42.5 Å². The summed E-state index contributed by atoms with van der Waals surface area (Å²) in [7, 11) is 0. The van der Waals surface area contributed by atoms with E-state index < -0.39 is 0 Å². The van der Waals surface area contributed by atoms with Gasteiger partial charge in [-0.1, -0.05) is 0 Å². The molecule has 102 valence electrons. The molecule has 0 amide bonds. The van der Waals surface area contributed by atoms with Gasteiger partial charge in [0.05, 0.1) is 0 Å². The molecule has 0 bridgehead atoms. The summed E-state index contributed by atoms with van der Waals surface area (Å²) in [5.41, 5.74) is 2.70. The summed E-state index contributed by atoms with van der Waals surface area (Å²) >= 11 is 0. The van der Waals surface area contributed by atoms with Crippen molar-refractivity contribution < 1.29 is 0 Å². The van der Waals surface area contributed by atoms with Crippen LogP contribution in [0.4, 0.5) is 0 Å². The first kappa shape index (κ1) is 11.4. The average Bonchev–Trinajstić information content (AvgIpc) is 2.56. The number of hydrogen-bond donors (Lipinski definition) is 0. The number of aromatic nitrogens is 5. The number of rotatable bonds is 0. The highest BCUT2D eigenvalue weighted by Crippen LogP contribution is 2.23. The van der Waals surface area contributed by atoms with Crippen molar-refractivity contribution >= 4 is 44.1 Å². The minimum atomic E-state index is 0.654. The third-order valence-electron chi connectivity index (χ3n) is 3.72. The Balaban J connectivity index is 1.93. The maximum Gasteiger partial charge on any atom is 0.164 e. The van der Waals surface area contributed by atoms with Gasteiger partial charge in [0.2, 0.25) is 0 Å². The van der Waals surface area contributed by atoms with E-state index in [-0.39, 0.29) is 0 Å². The minimum absolute atomic E-state index is 0.654. The van der Waals surface area contributed by atoms with Crippen LogP contribution >= 0.6 is 0 Å². The molecule has 0 radical (unpaired) electrons. The van der Waals surface area contributed by atoms with E-state index in [1.807, 2.05) is 24.3 Å². The molecule has 22 heavy (non-hydrogen) atoms. The lowest BCUT2D eigenvalue weighted by Gasteiger charge is -2.03. The Hall–Kier alpha value is -3.21. The molecule has 0 saturated carbocycles. The van der Waals surface area contributed by atoms with E-state index in [0.717, 1.165) is 21.5 Å². The largest absolute Gasteiger partial charge is 0.237 e. The molecule has 0 aliphatic heterocycles. The lowest BCUT2D eigenvalue weighted by molar-refractivity contribution is 1.25. The normalized spacial score (nSPS) is 11.6. The van der Waals surface area contributed by atoms with Gasteiger partial charge in [-0.15, -0.1) is 0 Å². The van der Waals surface area contributed by atoms with Crippen molar-refractivity contribution in [2.24, 2.45) is 0 Å². The Morgan fingerprint density at radius 1 is 0.500 bits per heavy atom. The van der Waals surface area contributed by atoms with Gasteiger partial charge >= 0.3 is 0 Å². The lowest BCUT2D eigenvalue weighted by atomic mass is 10.1. The van der Waals surface area contributed by atoms with Crippen molar-refractivity contribution in [3.05, 3.63) is 54.9 Å². The van der Waals surface area contributed by atoms with E-state index >= 15 is 0 Å². The van der Waals surface area contributed by atoms with Crippen molar-refractivity contribution in [2.45, 2.75) is 0 Å².